The van der Waals surface area contributed by atoms with Gasteiger partial charge in [-0.2, -0.15) is 15.0 Å². The van der Waals surface area contributed by atoms with E-state index in [2.05, 4.69) is 10.2 Å². The molecule has 1 aromatic heterocycles. The maximum atomic E-state index is 4.18. The molecular weight excluding hydrogens is 114 g/mol. The summed E-state index contributed by atoms with van der Waals surface area (Å²) < 4.78 is 0. The van der Waals surface area contributed by atoms with Gasteiger partial charge in [-0.1, -0.05) is 0 Å². The van der Waals surface area contributed by atoms with Gasteiger partial charge in [-0.25, -0.2) is 0 Å². The highest BCUT2D eigenvalue weighted by atomic mass is 15.5. The maximum absolute atomic E-state index is 4.18. The van der Waals surface area contributed by atoms with Gasteiger partial charge in [-0.3, -0.25) is 0 Å². The van der Waals surface area contributed by atoms with Gasteiger partial charge in [0.15, 0.2) is 0 Å². The van der Waals surface area contributed by atoms with Gasteiger partial charge in [0, 0.05) is 0 Å². The van der Waals surface area contributed by atoms with E-state index >= 15 is 0 Å². The van der Waals surface area contributed by atoms with Crippen LogP contribution in [0.15, 0.2) is 6.20 Å². The summed E-state index contributed by atoms with van der Waals surface area (Å²) in [5, 5.41) is 8.26. The molecule has 1 aliphatic rings. The zero-order valence-corrected chi connectivity index (χ0v) is 5.41. The number of rotatable bonds is 1. The normalized spacial score (nSPS) is 18.3. The first kappa shape index (κ1) is 4.97. The topological polar surface area (TPSA) is 30.7 Å². The average molecular weight is 123 g/mol. The van der Waals surface area contributed by atoms with E-state index in [-0.39, 0.29) is 0 Å². The van der Waals surface area contributed by atoms with Crippen molar-refractivity contribution >= 4 is 0 Å². The molecule has 0 amide bonds. The largest absolute Gasteiger partial charge is 0.182 e. The number of aryl methyl sites for hydroxylation is 1. The Labute approximate surface area is 53.7 Å². The molecule has 1 aliphatic carbocycles. The first-order valence-corrected chi connectivity index (χ1v) is 3.25. The first-order chi connectivity index (χ1) is 4.36. The Balaban J connectivity index is 2.28. The Kier molecular flexibility index (Phi) is 0.860. The van der Waals surface area contributed by atoms with Crippen molar-refractivity contribution in [1.82, 2.24) is 15.0 Å². The van der Waals surface area contributed by atoms with Crippen molar-refractivity contribution in [2.24, 2.45) is 0 Å². The van der Waals surface area contributed by atoms with Crippen LogP contribution in [0.4, 0.5) is 0 Å². The van der Waals surface area contributed by atoms with Gasteiger partial charge in [-0.05, 0) is 19.8 Å². The van der Waals surface area contributed by atoms with E-state index in [1.165, 1.54) is 12.8 Å². The molecule has 0 atom stereocenters. The maximum Gasteiger partial charge on any atom is 0.0796 e. The smallest absolute Gasteiger partial charge is 0.0796 e. The third-order valence-corrected chi connectivity index (χ3v) is 1.50. The molecule has 1 heterocycles. The summed E-state index contributed by atoms with van der Waals surface area (Å²) in [6.07, 6.45) is 4.32. The molecule has 1 fully saturated rings. The summed E-state index contributed by atoms with van der Waals surface area (Å²) in [7, 11) is 0. The van der Waals surface area contributed by atoms with Crippen LogP contribution in [-0.2, 0) is 0 Å². The van der Waals surface area contributed by atoms with Crippen LogP contribution in [0.5, 0.6) is 0 Å². The Bertz CT molecular complexity index is 212. The van der Waals surface area contributed by atoms with E-state index in [0.29, 0.717) is 6.04 Å². The highest BCUT2D eigenvalue weighted by molar-refractivity contribution is 4.88. The van der Waals surface area contributed by atoms with Crippen LogP contribution >= 0.6 is 0 Å². The van der Waals surface area contributed by atoms with Gasteiger partial charge < -0.3 is 0 Å². The lowest BCUT2D eigenvalue weighted by Gasteiger charge is -1.89. The number of hydrogen-bond donors (Lipinski definition) is 0. The van der Waals surface area contributed by atoms with Crippen molar-refractivity contribution in [3.63, 3.8) is 0 Å². The summed E-state index contributed by atoms with van der Waals surface area (Å²) in [6.45, 7) is 1.96. The van der Waals surface area contributed by atoms with Crippen molar-refractivity contribution in [2.75, 3.05) is 0 Å². The summed E-state index contributed by atoms with van der Waals surface area (Å²) in [5.74, 6) is 0. The van der Waals surface area contributed by atoms with E-state index < -0.39 is 0 Å². The first-order valence-electron chi connectivity index (χ1n) is 3.25. The second kappa shape index (κ2) is 1.56. The summed E-state index contributed by atoms with van der Waals surface area (Å²) in [6, 6.07) is 0.624. The van der Waals surface area contributed by atoms with Crippen molar-refractivity contribution in [3.05, 3.63) is 11.9 Å². The predicted octanol–water partition coefficient (Wildman–Crippen LogP) is 0.921. The van der Waals surface area contributed by atoms with Gasteiger partial charge in [-0.15, -0.1) is 0 Å². The summed E-state index contributed by atoms with van der Waals surface area (Å²) in [5.41, 5.74) is 1.02. The Morgan fingerprint density at radius 2 is 2.44 bits per heavy atom. The molecule has 0 aliphatic heterocycles. The third-order valence-electron chi connectivity index (χ3n) is 1.50. The number of hydrogen-bond acceptors (Lipinski definition) is 2. The minimum absolute atomic E-state index is 0.624. The van der Waals surface area contributed by atoms with Crippen LogP contribution in [-0.4, -0.2) is 15.0 Å². The molecule has 2 rings (SSSR count). The second-order valence-corrected chi connectivity index (χ2v) is 2.54. The molecule has 1 aromatic rings. The van der Waals surface area contributed by atoms with Gasteiger partial charge in [0.25, 0.3) is 0 Å². The van der Waals surface area contributed by atoms with E-state index in [1.807, 2.05) is 11.7 Å². The Morgan fingerprint density at radius 1 is 1.67 bits per heavy atom. The Morgan fingerprint density at radius 3 is 2.89 bits per heavy atom. The van der Waals surface area contributed by atoms with Crippen molar-refractivity contribution in [3.8, 4) is 0 Å². The van der Waals surface area contributed by atoms with Crippen LogP contribution < -0.4 is 0 Å². The van der Waals surface area contributed by atoms with Crippen molar-refractivity contribution in [2.45, 2.75) is 25.8 Å². The summed E-state index contributed by atoms with van der Waals surface area (Å²) in [4.78, 5) is 1.81. The van der Waals surface area contributed by atoms with Crippen LogP contribution in [0.2, 0.25) is 0 Å². The highest BCUT2D eigenvalue weighted by Gasteiger charge is 2.25. The molecule has 0 unspecified atom stereocenters. The fourth-order valence-corrected chi connectivity index (χ4v) is 0.837. The molecule has 3 heteroatoms. The van der Waals surface area contributed by atoms with Crippen LogP contribution in [0, 0.1) is 6.92 Å². The van der Waals surface area contributed by atoms with E-state index in [1.54, 1.807) is 6.20 Å². The Hall–Kier alpha value is -0.860. The molecule has 1 saturated carbocycles. The lowest BCUT2D eigenvalue weighted by Crippen LogP contribution is -1.97. The van der Waals surface area contributed by atoms with Crippen LogP contribution in [0.3, 0.4) is 0 Å². The molecular formula is C6H9N3. The third kappa shape index (κ3) is 0.823. The standard InChI is InChI=1S/C6H9N3/c1-5-4-7-9(8-5)6-2-3-6/h4,6H,2-3H2,1H3. The van der Waals surface area contributed by atoms with Gasteiger partial charge in [0.2, 0.25) is 0 Å². The zero-order chi connectivity index (χ0) is 6.27. The van der Waals surface area contributed by atoms with Crippen LogP contribution in [0.25, 0.3) is 0 Å². The zero-order valence-electron chi connectivity index (χ0n) is 5.41. The van der Waals surface area contributed by atoms with Gasteiger partial charge in [0.05, 0.1) is 17.9 Å². The molecule has 0 N–H and O–H groups in total. The lowest BCUT2D eigenvalue weighted by atomic mass is 10.6. The fourth-order valence-electron chi connectivity index (χ4n) is 0.837. The quantitative estimate of drug-likeness (QED) is 0.556. The van der Waals surface area contributed by atoms with Crippen LogP contribution in [0.1, 0.15) is 24.6 Å². The average Bonchev–Trinajstić information content (AvgIpc) is 2.58. The molecule has 9 heavy (non-hydrogen) atoms. The molecule has 0 saturated heterocycles. The fraction of sp³-hybridized carbons (Fsp3) is 0.667. The summed E-state index contributed by atoms with van der Waals surface area (Å²) >= 11 is 0. The molecule has 0 spiro atoms. The highest BCUT2D eigenvalue weighted by Crippen LogP contribution is 2.32. The molecule has 48 valence electrons. The van der Waals surface area contributed by atoms with Gasteiger partial charge in [0.1, 0.15) is 0 Å². The van der Waals surface area contributed by atoms with E-state index in [9.17, 15) is 0 Å². The minimum Gasteiger partial charge on any atom is -0.182 e. The SMILES string of the molecule is Cc1cnn(C2CC2)n1. The second-order valence-electron chi connectivity index (χ2n) is 2.54. The van der Waals surface area contributed by atoms with E-state index in [0.717, 1.165) is 5.69 Å². The number of nitrogens with zero attached hydrogens (tertiary/aromatic N) is 3. The molecule has 3 nitrogen and oxygen atoms in total. The molecule has 0 aromatic carbocycles. The minimum atomic E-state index is 0.624. The predicted molar refractivity (Wildman–Crippen MR) is 33.0 cm³/mol. The lowest BCUT2D eigenvalue weighted by molar-refractivity contribution is 0.550. The van der Waals surface area contributed by atoms with E-state index in [4.69, 9.17) is 0 Å². The number of aromatic nitrogens is 3. The molecule has 0 radical (unpaired) electrons. The molecule has 0 bridgehead atoms. The van der Waals surface area contributed by atoms with Crippen molar-refractivity contribution < 1.29 is 0 Å². The monoisotopic (exact) mass is 123 g/mol. The van der Waals surface area contributed by atoms with Gasteiger partial charge >= 0.3 is 0 Å². The van der Waals surface area contributed by atoms with Crippen molar-refractivity contribution in [1.29, 1.82) is 0 Å².